The van der Waals surface area contributed by atoms with Crippen LogP contribution in [0.2, 0.25) is 0 Å². The minimum atomic E-state index is -0.389. The van der Waals surface area contributed by atoms with Gasteiger partial charge in [0.05, 0.1) is 25.4 Å². The first-order valence-corrected chi connectivity index (χ1v) is 13.8. The SMILES string of the molecule is CCc1ccc2[nH]c(=O)c([C@H](c3nnnn3C[C@@H]3CCCO3)N3CCN(c4ccccc4OC)CC3)cc2c1. The zero-order chi connectivity index (χ0) is 26.8. The fourth-order valence-corrected chi connectivity index (χ4v) is 5.83. The van der Waals surface area contributed by atoms with Crippen LogP contribution in [-0.2, 0) is 17.7 Å². The summed E-state index contributed by atoms with van der Waals surface area (Å²) in [5.41, 5.74) is 3.68. The van der Waals surface area contributed by atoms with Crippen LogP contribution in [0.25, 0.3) is 10.9 Å². The number of aryl methyl sites for hydroxylation is 1. The first kappa shape index (κ1) is 25.5. The van der Waals surface area contributed by atoms with Crippen LogP contribution in [0, 0.1) is 0 Å². The van der Waals surface area contributed by atoms with E-state index < -0.39 is 0 Å². The number of aromatic nitrogens is 5. The van der Waals surface area contributed by atoms with Crippen LogP contribution in [0.15, 0.2) is 53.3 Å². The van der Waals surface area contributed by atoms with Crippen molar-refractivity contribution in [2.45, 2.75) is 44.9 Å². The van der Waals surface area contributed by atoms with Crippen molar-refractivity contribution >= 4 is 16.6 Å². The Kier molecular flexibility index (Phi) is 7.30. The molecule has 2 aromatic carbocycles. The Morgan fingerprint density at radius 1 is 1.13 bits per heavy atom. The summed E-state index contributed by atoms with van der Waals surface area (Å²) in [6, 6.07) is 15.9. The lowest BCUT2D eigenvalue weighted by Gasteiger charge is -2.40. The van der Waals surface area contributed by atoms with E-state index in [4.69, 9.17) is 9.47 Å². The number of hydrogen-bond acceptors (Lipinski definition) is 8. The predicted octanol–water partition coefficient (Wildman–Crippen LogP) is 3.18. The molecule has 0 amide bonds. The molecule has 4 aromatic rings. The molecule has 204 valence electrons. The molecule has 1 N–H and O–H groups in total. The van der Waals surface area contributed by atoms with Crippen molar-refractivity contribution in [1.29, 1.82) is 0 Å². The minimum Gasteiger partial charge on any atom is -0.495 e. The Balaban J connectivity index is 1.37. The summed E-state index contributed by atoms with van der Waals surface area (Å²) in [5.74, 6) is 1.54. The lowest BCUT2D eigenvalue weighted by Crippen LogP contribution is -2.49. The lowest BCUT2D eigenvalue weighted by atomic mass is 10.0. The molecule has 0 unspecified atom stereocenters. The number of aromatic amines is 1. The molecule has 10 heteroatoms. The molecular weight excluding hydrogens is 494 g/mol. The Labute approximate surface area is 227 Å². The van der Waals surface area contributed by atoms with Gasteiger partial charge in [0, 0.05) is 43.9 Å². The Hall–Kier alpha value is -3.76. The smallest absolute Gasteiger partial charge is 0.253 e. The highest BCUT2D eigenvalue weighted by Gasteiger charge is 2.34. The molecule has 0 aliphatic carbocycles. The molecule has 0 spiro atoms. The number of piperazine rings is 1. The van der Waals surface area contributed by atoms with Crippen LogP contribution in [0.1, 0.15) is 42.8 Å². The molecule has 0 saturated carbocycles. The predicted molar refractivity (Wildman–Crippen MR) is 149 cm³/mol. The Bertz CT molecular complexity index is 1490. The fraction of sp³-hybridized carbons (Fsp3) is 0.448. The summed E-state index contributed by atoms with van der Waals surface area (Å²) in [7, 11) is 1.70. The van der Waals surface area contributed by atoms with Crippen molar-refractivity contribution in [3.05, 3.63) is 75.8 Å². The normalized spacial score (nSPS) is 19.0. The van der Waals surface area contributed by atoms with Crippen LogP contribution < -0.4 is 15.2 Å². The average Bonchev–Trinajstić information content (AvgIpc) is 3.66. The number of fused-ring (bicyclic) bond motifs is 1. The van der Waals surface area contributed by atoms with Crippen molar-refractivity contribution < 1.29 is 9.47 Å². The van der Waals surface area contributed by atoms with Crippen molar-refractivity contribution in [2.75, 3.05) is 44.8 Å². The maximum Gasteiger partial charge on any atom is 0.253 e. The van der Waals surface area contributed by atoms with Gasteiger partial charge < -0.3 is 19.4 Å². The maximum atomic E-state index is 13.6. The van der Waals surface area contributed by atoms with E-state index in [1.807, 2.05) is 35.0 Å². The van der Waals surface area contributed by atoms with Crippen molar-refractivity contribution in [3.63, 3.8) is 0 Å². The first-order valence-electron chi connectivity index (χ1n) is 13.8. The van der Waals surface area contributed by atoms with Gasteiger partial charge in [0.25, 0.3) is 5.56 Å². The van der Waals surface area contributed by atoms with Gasteiger partial charge in [-0.25, -0.2) is 4.68 Å². The molecule has 4 heterocycles. The van der Waals surface area contributed by atoms with E-state index >= 15 is 0 Å². The van der Waals surface area contributed by atoms with Crippen LogP contribution in [0.5, 0.6) is 5.75 Å². The monoisotopic (exact) mass is 529 g/mol. The fourth-order valence-electron chi connectivity index (χ4n) is 5.83. The summed E-state index contributed by atoms with van der Waals surface area (Å²) in [6.45, 7) is 6.53. The highest BCUT2D eigenvalue weighted by Crippen LogP contribution is 2.32. The van der Waals surface area contributed by atoms with E-state index in [0.29, 0.717) is 17.9 Å². The molecule has 2 saturated heterocycles. The number of H-pyrrole nitrogens is 1. The molecule has 0 bridgehead atoms. The Morgan fingerprint density at radius 3 is 2.74 bits per heavy atom. The number of nitrogens with zero attached hydrogens (tertiary/aromatic N) is 6. The van der Waals surface area contributed by atoms with E-state index in [2.05, 4.69) is 55.4 Å². The lowest BCUT2D eigenvalue weighted by molar-refractivity contribution is 0.0906. The largest absolute Gasteiger partial charge is 0.495 e. The van der Waals surface area contributed by atoms with Gasteiger partial charge in [-0.3, -0.25) is 9.69 Å². The van der Waals surface area contributed by atoms with Gasteiger partial charge in [-0.2, -0.15) is 0 Å². The molecule has 2 atom stereocenters. The average molecular weight is 530 g/mol. The third kappa shape index (κ3) is 5.14. The maximum absolute atomic E-state index is 13.6. The number of pyridine rings is 1. The van der Waals surface area contributed by atoms with Crippen molar-refractivity contribution in [2.24, 2.45) is 0 Å². The second-order valence-corrected chi connectivity index (χ2v) is 10.3. The summed E-state index contributed by atoms with van der Waals surface area (Å²) in [5, 5.41) is 13.9. The van der Waals surface area contributed by atoms with Gasteiger partial charge in [-0.1, -0.05) is 25.1 Å². The first-order chi connectivity index (χ1) is 19.1. The van der Waals surface area contributed by atoms with E-state index in [-0.39, 0.29) is 17.7 Å². The van der Waals surface area contributed by atoms with E-state index in [9.17, 15) is 4.79 Å². The van der Waals surface area contributed by atoms with Gasteiger partial charge in [-0.15, -0.1) is 5.10 Å². The molecule has 39 heavy (non-hydrogen) atoms. The summed E-state index contributed by atoms with van der Waals surface area (Å²) in [4.78, 5) is 21.4. The van der Waals surface area contributed by atoms with Gasteiger partial charge in [-0.05, 0) is 71.0 Å². The van der Waals surface area contributed by atoms with Crippen molar-refractivity contribution in [1.82, 2.24) is 30.1 Å². The van der Waals surface area contributed by atoms with Gasteiger partial charge in [0.15, 0.2) is 5.82 Å². The topological polar surface area (TPSA) is 101 Å². The van der Waals surface area contributed by atoms with E-state index in [1.165, 1.54) is 5.56 Å². The van der Waals surface area contributed by atoms with Crippen LogP contribution >= 0.6 is 0 Å². The van der Waals surface area contributed by atoms with Crippen molar-refractivity contribution in [3.8, 4) is 5.75 Å². The van der Waals surface area contributed by atoms with Crippen LogP contribution in [0.4, 0.5) is 5.69 Å². The van der Waals surface area contributed by atoms with E-state index in [1.54, 1.807) is 7.11 Å². The van der Waals surface area contributed by atoms with Gasteiger partial charge in [0.1, 0.15) is 11.8 Å². The zero-order valence-electron chi connectivity index (χ0n) is 22.5. The highest BCUT2D eigenvalue weighted by atomic mass is 16.5. The van der Waals surface area contributed by atoms with Crippen LogP contribution in [-0.4, -0.2) is 76.1 Å². The van der Waals surface area contributed by atoms with Gasteiger partial charge >= 0.3 is 0 Å². The third-order valence-electron chi connectivity index (χ3n) is 7.95. The number of nitrogens with one attached hydrogen (secondary N) is 1. The quantitative estimate of drug-likeness (QED) is 0.372. The number of ether oxygens (including phenoxy) is 2. The number of methoxy groups -OCH3 is 1. The second kappa shape index (κ2) is 11.2. The van der Waals surface area contributed by atoms with Gasteiger partial charge in [0.2, 0.25) is 0 Å². The molecule has 0 radical (unpaired) electrons. The van der Waals surface area contributed by atoms with E-state index in [0.717, 1.165) is 74.4 Å². The number of rotatable bonds is 8. The second-order valence-electron chi connectivity index (χ2n) is 10.3. The molecule has 2 aliphatic rings. The summed E-state index contributed by atoms with van der Waals surface area (Å²) < 4.78 is 13.3. The zero-order valence-corrected chi connectivity index (χ0v) is 22.5. The minimum absolute atomic E-state index is 0.0808. The van der Waals surface area contributed by atoms with Crippen LogP contribution in [0.3, 0.4) is 0 Å². The number of tetrazole rings is 1. The standard InChI is InChI=1S/C29H35N7O3/c1-3-20-10-11-24-21(17-20)18-23(29(37)30-24)27(28-31-32-33-36(28)19-22-7-6-16-39-22)35-14-12-34(13-15-35)25-8-4-5-9-26(25)38-2/h4-5,8-11,17-18,22,27H,3,6-7,12-16,19H2,1-2H3,(H,30,37)/t22-,27+/m0/s1. The molecule has 2 aliphatic heterocycles. The summed E-state index contributed by atoms with van der Waals surface area (Å²) >= 11 is 0. The number of para-hydroxylation sites is 2. The molecular formula is C29H35N7O3. The number of hydrogen-bond donors (Lipinski definition) is 1. The molecule has 6 rings (SSSR count). The molecule has 10 nitrogen and oxygen atoms in total. The number of anilines is 1. The molecule has 2 aromatic heterocycles. The third-order valence-corrected chi connectivity index (χ3v) is 7.95. The summed E-state index contributed by atoms with van der Waals surface area (Å²) in [6.07, 6.45) is 3.04. The molecule has 2 fully saturated rings. The number of benzene rings is 2. The highest BCUT2D eigenvalue weighted by molar-refractivity contribution is 5.80. The Morgan fingerprint density at radius 2 is 1.97 bits per heavy atom.